The number of carbonyl (C=O) groups is 1. The normalized spacial score (nSPS) is 16.1. The topological polar surface area (TPSA) is 29.5 Å². The summed E-state index contributed by atoms with van der Waals surface area (Å²) in [6.45, 7) is 1.26. The molecule has 2 aliphatic heterocycles. The summed E-state index contributed by atoms with van der Waals surface area (Å²) in [5.74, 6) is -4.22. The van der Waals surface area contributed by atoms with Crippen molar-refractivity contribution in [3.8, 4) is 0 Å². The number of nitrogens with zero attached hydrogens (tertiary/aromatic N) is 1. The predicted octanol–water partition coefficient (Wildman–Crippen LogP) is 3.34. The molecule has 2 heterocycles. The Morgan fingerprint density at radius 2 is 1.70 bits per heavy atom. The third kappa shape index (κ3) is 2.25. The summed E-state index contributed by atoms with van der Waals surface area (Å²) in [4.78, 5) is 13.4. The number of anilines is 1. The highest BCUT2D eigenvalue weighted by Crippen LogP contribution is 2.31. The molecule has 0 N–H and O–H groups in total. The highest BCUT2D eigenvalue weighted by Gasteiger charge is 2.26. The van der Waals surface area contributed by atoms with Gasteiger partial charge in [0, 0.05) is 36.5 Å². The minimum Gasteiger partial charge on any atom is -0.457 e. The van der Waals surface area contributed by atoms with Crippen molar-refractivity contribution in [1.82, 2.24) is 0 Å². The van der Waals surface area contributed by atoms with Crippen molar-refractivity contribution in [1.29, 1.82) is 0 Å². The van der Waals surface area contributed by atoms with Crippen LogP contribution in [0.5, 0.6) is 0 Å². The first-order chi connectivity index (χ1) is 11.0. The van der Waals surface area contributed by atoms with Gasteiger partial charge in [-0.25, -0.2) is 18.0 Å². The number of fused-ring (bicyclic) bond motifs is 2. The molecule has 23 heavy (non-hydrogen) atoms. The van der Waals surface area contributed by atoms with Gasteiger partial charge in [0.15, 0.2) is 17.5 Å². The molecule has 4 rings (SSSR count). The van der Waals surface area contributed by atoms with Crippen LogP contribution in [0.25, 0.3) is 0 Å². The Labute approximate surface area is 130 Å². The zero-order chi connectivity index (χ0) is 16.1. The zero-order valence-corrected chi connectivity index (χ0v) is 12.0. The predicted molar refractivity (Wildman–Crippen MR) is 76.6 cm³/mol. The summed E-state index contributed by atoms with van der Waals surface area (Å²) < 4.78 is 44.9. The third-order valence-corrected chi connectivity index (χ3v) is 4.35. The highest BCUT2D eigenvalue weighted by molar-refractivity contribution is 5.93. The minimum absolute atomic E-state index is 0.287. The Morgan fingerprint density at radius 1 is 0.957 bits per heavy atom. The third-order valence-electron chi connectivity index (χ3n) is 4.35. The van der Waals surface area contributed by atoms with Crippen molar-refractivity contribution in [2.24, 2.45) is 0 Å². The van der Waals surface area contributed by atoms with Gasteiger partial charge in [0.1, 0.15) is 6.61 Å². The fraction of sp³-hybridized carbons (Fsp3) is 0.235. The molecule has 3 nitrogen and oxygen atoms in total. The van der Waals surface area contributed by atoms with Gasteiger partial charge in [0.05, 0.1) is 5.56 Å². The van der Waals surface area contributed by atoms with E-state index in [2.05, 4.69) is 0 Å². The number of cyclic esters (lactones) is 1. The molecule has 0 amide bonds. The molecule has 6 heteroatoms. The average Bonchev–Trinajstić information content (AvgIpc) is 2.90. The maximum atomic E-state index is 13.4. The van der Waals surface area contributed by atoms with Crippen LogP contribution < -0.4 is 4.90 Å². The van der Waals surface area contributed by atoms with E-state index in [1.54, 1.807) is 11.0 Å². The average molecular weight is 319 g/mol. The summed E-state index contributed by atoms with van der Waals surface area (Å²) in [6.07, 6.45) is 0.678. The molecule has 2 aromatic rings. The second kappa shape index (κ2) is 5.01. The van der Waals surface area contributed by atoms with Crippen LogP contribution in [-0.2, 0) is 24.3 Å². The molecule has 2 aliphatic rings. The van der Waals surface area contributed by atoms with Gasteiger partial charge in [0.2, 0.25) is 0 Å². The molecule has 0 aliphatic carbocycles. The maximum Gasteiger partial charge on any atom is 0.338 e. The van der Waals surface area contributed by atoms with Crippen molar-refractivity contribution in [2.75, 3.05) is 11.4 Å². The zero-order valence-electron chi connectivity index (χ0n) is 12.0. The lowest BCUT2D eigenvalue weighted by Gasteiger charge is -2.31. The lowest BCUT2D eigenvalue weighted by Crippen LogP contribution is -2.30. The van der Waals surface area contributed by atoms with Gasteiger partial charge in [-0.3, -0.25) is 0 Å². The molecule has 0 saturated heterocycles. The molecule has 0 radical (unpaired) electrons. The summed E-state index contributed by atoms with van der Waals surface area (Å²) in [7, 11) is 0. The fourth-order valence-electron chi connectivity index (χ4n) is 3.14. The first-order valence-electron chi connectivity index (χ1n) is 7.24. The number of rotatable bonds is 1. The highest BCUT2D eigenvalue weighted by atomic mass is 19.2. The number of carbonyl (C=O) groups excluding carboxylic acids is 1. The van der Waals surface area contributed by atoms with Crippen LogP contribution in [0, 0.1) is 17.5 Å². The molecule has 0 bridgehead atoms. The van der Waals surface area contributed by atoms with Crippen LogP contribution in [0.3, 0.4) is 0 Å². The molecule has 0 unspecified atom stereocenters. The number of esters is 1. The lowest BCUT2D eigenvalue weighted by atomic mass is 9.94. The molecule has 2 aromatic carbocycles. The number of hydrogen-bond acceptors (Lipinski definition) is 3. The van der Waals surface area contributed by atoms with Gasteiger partial charge >= 0.3 is 5.97 Å². The summed E-state index contributed by atoms with van der Waals surface area (Å²) >= 11 is 0. The van der Waals surface area contributed by atoms with Crippen LogP contribution >= 0.6 is 0 Å². The Hall–Kier alpha value is -2.50. The summed E-state index contributed by atoms with van der Waals surface area (Å²) in [5.41, 5.74) is 3.72. The van der Waals surface area contributed by atoms with Crippen LogP contribution in [0.2, 0.25) is 0 Å². The van der Waals surface area contributed by atoms with Crippen molar-refractivity contribution >= 4 is 11.7 Å². The minimum atomic E-state index is -1.47. The number of hydrogen-bond donors (Lipinski definition) is 0. The second-order valence-electron chi connectivity index (χ2n) is 5.75. The van der Waals surface area contributed by atoms with E-state index < -0.39 is 17.5 Å². The van der Waals surface area contributed by atoms with Gasteiger partial charge in [-0.05, 0) is 23.6 Å². The standard InChI is InChI=1S/C17H12F3NO2/c18-14-5-12(6-15(19)16(14)20)21-2-1-9-3-11-8-23-17(22)13(11)4-10(9)7-21/h3-6H,1-2,7-8H2. The first-order valence-corrected chi connectivity index (χ1v) is 7.24. The Bertz CT molecular complexity index is 812. The molecule has 118 valence electrons. The molecule has 0 fully saturated rings. The van der Waals surface area contributed by atoms with E-state index in [0.29, 0.717) is 31.7 Å². The van der Waals surface area contributed by atoms with Crippen LogP contribution in [0.4, 0.5) is 18.9 Å². The Kier molecular flexibility index (Phi) is 3.07. The number of benzene rings is 2. The fourth-order valence-corrected chi connectivity index (χ4v) is 3.14. The van der Waals surface area contributed by atoms with E-state index >= 15 is 0 Å². The molecule has 0 aromatic heterocycles. The first kappa shape index (κ1) is 14.1. The van der Waals surface area contributed by atoms with Crippen molar-refractivity contribution < 1.29 is 22.7 Å². The van der Waals surface area contributed by atoms with E-state index in [1.165, 1.54) is 0 Å². The van der Waals surface area contributed by atoms with Gasteiger partial charge in [-0.2, -0.15) is 0 Å². The smallest absolute Gasteiger partial charge is 0.338 e. The summed E-state index contributed by atoms with van der Waals surface area (Å²) in [6, 6.07) is 5.72. The van der Waals surface area contributed by atoms with Crippen molar-refractivity contribution in [3.05, 3.63) is 64.0 Å². The second-order valence-corrected chi connectivity index (χ2v) is 5.75. The molecular formula is C17H12F3NO2. The molecular weight excluding hydrogens is 307 g/mol. The monoisotopic (exact) mass is 319 g/mol. The Morgan fingerprint density at radius 3 is 2.43 bits per heavy atom. The van der Waals surface area contributed by atoms with Gasteiger partial charge < -0.3 is 9.64 Å². The molecule has 0 atom stereocenters. The Balaban J connectivity index is 1.69. The van der Waals surface area contributed by atoms with E-state index in [4.69, 9.17) is 4.74 Å². The van der Waals surface area contributed by atoms with Crippen molar-refractivity contribution in [2.45, 2.75) is 19.6 Å². The van der Waals surface area contributed by atoms with Crippen LogP contribution in [-0.4, -0.2) is 12.5 Å². The molecule has 0 spiro atoms. The van der Waals surface area contributed by atoms with Gasteiger partial charge in [-0.15, -0.1) is 0 Å². The summed E-state index contributed by atoms with van der Waals surface area (Å²) in [5, 5.41) is 0. The van der Waals surface area contributed by atoms with Crippen LogP contribution in [0.1, 0.15) is 27.0 Å². The van der Waals surface area contributed by atoms with Gasteiger partial charge in [0.25, 0.3) is 0 Å². The van der Waals surface area contributed by atoms with Gasteiger partial charge in [-0.1, -0.05) is 6.07 Å². The number of halogens is 3. The number of ether oxygens (including phenoxy) is 1. The van der Waals surface area contributed by atoms with Crippen molar-refractivity contribution in [3.63, 3.8) is 0 Å². The quantitative estimate of drug-likeness (QED) is 0.596. The van der Waals surface area contributed by atoms with E-state index in [9.17, 15) is 18.0 Å². The van der Waals surface area contributed by atoms with E-state index in [1.807, 2.05) is 6.07 Å². The maximum absolute atomic E-state index is 13.4. The van der Waals surface area contributed by atoms with Crippen LogP contribution in [0.15, 0.2) is 24.3 Å². The van der Waals surface area contributed by atoms with E-state index in [0.717, 1.165) is 28.8 Å². The largest absolute Gasteiger partial charge is 0.457 e. The lowest BCUT2D eigenvalue weighted by molar-refractivity contribution is 0.0535. The molecule has 0 saturated carbocycles. The van der Waals surface area contributed by atoms with E-state index in [-0.39, 0.29) is 11.7 Å². The SMILES string of the molecule is O=C1OCc2cc3c(cc21)CN(c1cc(F)c(F)c(F)c1)CC3.